The average Bonchev–Trinajstić information content (AvgIpc) is 2.79. The summed E-state index contributed by atoms with van der Waals surface area (Å²) in [7, 11) is 1.23. The third kappa shape index (κ3) is 5.26. The number of hydrogen-bond acceptors (Lipinski definition) is 5. The highest BCUT2D eigenvalue weighted by atomic mass is 16.6. The van der Waals surface area contributed by atoms with Crippen LogP contribution in [0.1, 0.15) is 50.2 Å². The first-order valence-electron chi connectivity index (χ1n) is 6.85. The quantitative estimate of drug-likeness (QED) is 0.669. The van der Waals surface area contributed by atoms with Gasteiger partial charge in [-0.2, -0.15) is 0 Å². The van der Waals surface area contributed by atoms with E-state index >= 15 is 0 Å². The molecule has 1 rings (SSSR count). The Balaban J connectivity index is 3.13. The zero-order valence-electron chi connectivity index (χ0n) is 13.5. The highest BCUT2D eigenvalue weighted by molar-refractivity contribution is 5.92. The summed E-state index contributed by atoms with van der Waals surface area (Å²) in [5.41, 5.74) is -0.183. The van der Waals surface area contributed by atoms with Crippen LogP contribution < -0.4 is 0 Å². The van der Waals surface area contributed by atoms with Crippen molar-refractivity contribution >= 4 is 12.1 Å². The van der Waals surface area contributed by atoms with Gasteiger partial charge in [0.15, 0.2) is 0 Å². The number of aliphatic hydroxyl groups excluding tert-OH is 1. The molecule has 0 amide bonds. The first kappa shape index (κ1) is 17.8. The molecule has 6 heteroatoms. The number of nitrogens with zero attached hydrogens (tertiary/aromatic N) is 1. The minimum atomic E-state index is -0.688. The summed E-state index contributed by atoms with van der Waals surface area (Å²) in [4.78, 5) is 23.9. The smallest absolute Gasteiger partial charge is 0.419 e. The minimum Gasteiger partial charge on any atom is -0.464 e. The molecule has 0 saturated heterocycles. The molecule has 1 aromatic heterocycles. The molecule has 0 spiro atoms. The van der Waals surface area contributed by atoms with Gasteiger partial charge in [0, 0.05) is 18.2 Å². The second kappa shape index (κ2) is 7.14. The third-order valence-electron chi connectivity index (χ3n) is 2.43. The van der Waals surface area contributed by atoms with Gasteiger partial charge in [-0.05, 0) is 33.8 Å². The number of carbonyl (C=O) groups is 2. The number of aliphatic hydroxyl groups is 1. The lowest BCUT2D eigenvalue weighted by molar-refractivity contribution is 0.0483. The van der Waals surface area contributed by atoms with Gasteiger partial charge in [0.1, 0.15) is 11.3 Å². The van der Waals surface area contributed by atoms with Crippen LogP contribution in [-0.4, -0.2) is 40.6 Å². The summed E-state index contributed by atoms with van der Waals surface area (Å²) in [6.45, 7) is 6.82. The fraction of sp³-hybridized carbons (Fsp3) is 0.500. The summed E-state index contributed by atoms with van der Waals surface area (Å²) in [5, 5.41) is 9.18. The van der Waals surface area contributed by atoms with Crippen LogP contribution in [0.3, 0.4) is 0 Å². The summed E-state index contributed by atoms with van der Waals surface area (Å²) < 4.78 is 11.0. The molecule has 1 aromatic rings. The molecule has 1 N–H and O–H groups in total. The van der Waals surface area contributed by atoms with Crippen molar-refractivity contribution in [2.75, 3.05) is 7.11 Å². The molecule has 0 aliphatic rings. The fourth-order valence-corrected chi connectivity index (χ4v) is 1.56. The van der Waals surface area contributed by atoms with Gasteiger partial charge in [-0.25, -0.2) is 14.2 Å². The molecular formula is C16H21NO5. The molecule has 0 bridgehead atoms. The summed E-state index contributed by atoms with van der Waals surface area (Å²) in [6, 6.07) is 1.45. The van der Waals surface area contributed by atoms with Gasteiger partial charge in [0.25, 0.3) is 0 Å². The zero-order valence-corrected chi connectivity index (χ0v) is 13.5. The predicted molar refractivity (Wildman–Crippen MR) is 80.6 cm³/mol. The summed E-state index contributed by atoms with van der Waals surface area (Å²) in [5.74, 6) is 4.90. The van der Waals surface area contributed by atoms with E-state index in [2.05, 4.69) is 16.6 Å². The molecule has 6 nitrogen and oxygen atoms in total. The van der Waals surface area contributed by atoms with E-state index in [9.17, 15) is 14.7 Å². The Morgan fingerprint density at radius 3 is 2.55 bits per heavy atom. The molecule has 0 aromatic carbocycles. The molecule has 0 aliphatic carbocycles. The standard InChI is InChI=1S/C16H21NO5/c1-11(18)7-6-8-12-9-13(14(19)21-5)17(10-12)15(20)22-16(2,3)4/h9-11,18H,7H2,1-5H3. The van der Waals surface area contributed by atoms with E-state index in [1.165, 1.54) is 19.4 Å². The zero-order chi connectivity index (χ0) is 16.9. The number of methoxy groups -OCH3 is 1. The lowest BCUT2D eigenvalue weighted by atomic mass is 10.2. The number of ether oxygens (including phenoxy) is 2. The van der Waals surface area contributed by atoms with Crippen LogP contribution >= 0.6 is 0 Å². The van der Waals surface area contributed by atoms with Gasteiger partial charge in [0.05, 0.1) is 13.2 Å². The van der Waals surface area contributed by atoms with Crippen LogP contribution in [0.4, 0.5) is 4.79 Å². The Hall–Kier alpha value is -2.26. The monoisotopic (exact) mass is 307 g/mol. The Kier molecular flexibility index (Phi) is 5.77. The maximum absolute atomic E-state index is 12.1. The van der Waals surface area contributed by atoms with Crippen molar-refractivity contribution < 1.29 is 24.2 Å². The van der Waals surface area contributed by atoms with Crippen LogP contribution in [0, 0.1) is 11.8 Å². The van der Waals surface area contributed by atoms with Gasteiger partial charge in [-0.15, -0.1) is 0 Å². The highest BCUT2D eigenvalue weighted by Crippen LogP contribution is 2.14. The first-order chi connectivity index (χ1) is 10.1. The van der Waals surface area contributed by atoms with Crippen LogP contribution in [0.15, 0.2) is 12.3 Å². The van der Waals surface area contributed by atoms with Gasteiger partial charge in [-0.3, -0.25) is 0 Å². The Labute approximate surface area is 130 Å². The van der Waals surface area contributed by atoms with Crippen LogP contribution in [0.5, 0.6) is 0 Å². The van der Waals surface area contributed by atoms with Crippen LogP contribution in [0.25, 0.3) is 0 Å². The van der Waals surface area contributed by atoms with Crippen molar-refractivity contribution in [2.24, 2.45) is 0 Å². The average molecular weight is 307 g/mol. The Morgan fingerprint density at radius 1 is 1.41 bits per heavy atom. The molecule has 1 heterocycles. The van der Waals surface area contributed by atoms with E-state index in [0.717, 1.165) is 4.57 Å². The molecule has 0 saturated carbocycles. The summed E-state index contributed by atoms with van der Waals surface area (Å²) >= 11 is 0. The molecule has 0 radical (unpaired) electrons. The van der Waals surface area contributed by atoms with E-state index in [4.69, 9.17) is 4.74 Å². The molecule has 1 atom stereocenters. The first-order valence-corrected chi connectivity index (χ1v) is 6.85. The van der Waals surface area contributed by atoms with E-state index in [0.29, 0.717) is 12.0 Å². The predicted octanol–water partition coefficient (Wildman–Crippen LogP) is 2.18. The maximum Gasteiger partial charge on any atom is 0.419 e. The minimum absolute atomic E-state index is 0.0399. The second-order valence-corrected chi connectivity index (χ2v) is 5.81. The van der Waals surface area contributed by atoms with Crippen LogP contribution in [0.2, 0.25) is 0 Å². The maximum atomic E-state index is 12.1. The van der Waals surface area contributed by atoms with Crippen molar-refractivity contribution in [1.29, 1.82) is 0 Å². The van der Waals surface area contributed by atoms with Crippen molar-refractivity contribution in [3.63, 3.8) is 0 Å². The van der Waals surface area contributed by atoms with Gasteiger partial charge in [0.2, 0.25) is 0 Å². The highest BCUT2D eigenvalue weighted by Gasteiger charge is 2.23. The largest absolute Gasteiger partial charge is 0.464 e. The number of hydrogen-bond donors (Lipinski definition) is 1. The Bertz CT molecular complexity index is 611. The van der Waals surface area contributed by atoms with E-state index in [-0.39, 0.29) is 5.69 Å². The number of rotatable bonds is 2. The molecule has 120 valence electrons. The fourth-order valence-electron chi connectivity index (χ4n) is 1.56. The number of esters is 1. The SMILES string of the molecule is COC(=O)c1cc(C#CCC(C)O)cn1C(=O)OC(C)(C)C. The van der Waals surface area contributed by atoms with Crippen LogP contribution in [-0.2, 0) is 9.47 Å². The van der Waals surface area contributed by atoms with Gasteiger partial charge < -0.3 is 14.6 Å². The normalized spacial score (nSPS) is 12.1. The van der Waals surface area contributed by atoms with Crippen molar-refractivity contribution in [3.05, 3.63) is 23.5 Å². The molecule has 22 heavy (non-hydrogen) atoms. The van der Waals surface area contributed by atoms with Crippen molar-refractivity contribution in [2.45, 2.75) is 45.8 Å². The van der Waals surface area contributed by atoms with E-state index in [1.54, 1.807) is 27.7 Å². The molecule has 0 fully saturated rings. The molecule has 1 unspecified atom stereocenters. The van der Waals surface area contributed by atoms with E-state index in [1.807, 2.05) is 0 Å². The van der Waals surface area contributed by atoms with E-state index < -0.39 is 23.8 Å². The summed E-state index contributed by atoms with van der Waals surface area (Å²) in [6.07, 6.45) is 0.484. The lowest BCUT2D eigenvalue weighted by Gasteiger charge is -2.20. The van der Waals surface area contributed by atoms with Crippen molar-refractivity contribution in [1.82, 2.24) is 4.57 Å². The second-order valence-electron chi connectivity index (χ2n) is 5.81. The topological polar surface area (TPSA) is 77.8 Å². The molecular weight excluding hydrogens is 286 g/mol. The number of aromatic nitrogens is 1. The Morgan fingerprint density at radius 2 is 2.05 bits per heavy atom. The third-order valence-corrected chi connectivity index (χ3v) is 2.43. The van der Waals surface area contributed by atoms with Gasteiger partial charge in [-0.1, -0.05) is 11.8 Å². The lowest BCUT2D eigenvalue weighted by Crippen LogP contribution is -2.28. The van der Waals surface area contributed by atoms with Gasteiger partial charge >= 0.3 is 12.1 Å². The number of carbonyl (C=O) groups excluding carboxylic acids is 2. The molecule has 0 aliphatic heterocycles. The van der Waals surface area contributed by atoms with Crippen molar-refractivity contribution in [3.8, 4) is 11.8 Å².